The Balaban J connectivity index is 1.87. The van der Waals surface area contributed by atoms with E-state index >= 15 is 0 Å². The third kappa shape index (κ3) is 4.48. The lowest BCUT2D eigenvalue weighted by atomic mass is 9.92. The van der Waals surface area contributed by atoms with E-state index in [-0.39, 0.29) is 35.5 Å². The van der Waals surface area contributed by atoms with Crippen LogP contribution in [0.5, 0.6) is 0 Å². The molecule has 1 heterocycles. The van der Waals surface area contributed by atoms with Crippen molar-refractivity contribution in [3.63, 3.8) is 0 Å². The lowest BCUT2D eigenvalue weighted by Gasteiger charge is -2.26. The maximum atomic E-state index is 12.9. The molecule has 0 saturated heterocycles. The molecule has 1 fully saturated rings. The van der Waals surface area contributed by atoms with Crippen LogP contribution in [0.25, 0.3) is 0 Å². The van der Waals surface area contributed by atoms with Gasteiger partial charge in [-0.25, -0.2) is 0 Å². The minimum atomic E-state index is -0.270. The molecule has 0 radical (unpaired) electrons. The quantitative estimate of drug-likeness (QED) is 0.782. The number of aliphatic hydroxyl groups excluding tert-OH is 1. The number of aliphatic hydroxyl groups is 1. The number of furan rings is 1. The summed E-state index contributed by atoms with van der Waals surface area (Å²) < 4.78 is 5.81. The third-order valence-corrected chi connectivity index (χ3v) is 5.32. The number of hydrogen-bond acceptors (Lipinski definition) is 4. The van der Waals surface area contributed by atoms with Crippen molar-refractivity contribution in [3.8, 4) is 0 Å². The molecule has 5 heteroatoms. The standard InChI is InChI=1S/C22H27NO4/c1-13-5-4-6-16(11-13)14(2)21-19(12-20(27-21)15(3)24)22(26)23-17-7-9-18(25)10-8-17/h4-6,11-12,14,17-18,25H,7-10H2,1-3H3,(H,23,26)/t14?,17-,18-. The summed E-state index contributed by atoms with van der Waals surface area (Å²) in [6.07, 6.45) is 2.64. The summed E-state index contributed by atoms with van der Waals surface area (Å²) in [6.45, 7) is 5.43. The molecule has 27 heavy (non-hydrogen) atoms. The van der Waals surface area contributed by atoms with Gasteiger partial charge in [-0.2, -0.15) is 0 Å². The number of Topliss-reactive ketones (excluding diaryl/α,β-unsaturated/α-hetero) is 1. The number of amides is 1. The fourth-order valence-electron chi connectivity index (χ4n) is 3.65. The number of rotatable bonds is 5. The Bertz CT molecular complexity index is 831. The van der Waals surface area contributed by atoms with E-state index in [1.54, 1.807) is 6.07 Å². The zero-order valence-electron chi connectivity index (χ0n) is 16.1. The molecule has 2 aromatic rings. The normalized spacial score (nSPS) is 20.9. The van der Waals surface area contributed by atoms with Gasteiger partial charge in [0.2, 0.25) is 0 Å². The van der Waals surface area contributed by atoms with Crippen LogP contribution in [0.3, 0.4) is 0 Å². The van der Waals surface area contributed by atoms with Crippen LogP contribution in [0.15, 0.2) is 34.7 Å². The van der Waals surface area contributed by atoms with Gasteiger partial charge in [0.05, 0.1) is 11.7 Å². The van der Waals surface area contributed by atoms with Crippen molar-refractivity contribution in [1.29, 1.82) is 0 Å². The molecule has 1 aliphatic rings. The van der Waals surface area contributed by atoms with Crippen LogP contribution < -0.4 is 5.32 Å². The molecule has 2 N–H and O–H groups in total. The molecular formula is C22H27NO4. The number of aryl methyl sites for hydroxylation is 1. The molecule has 1 aliphatic carbocycles. The molecule has 144 valence electrons. The highest BCUT2D eigenvalue weighted by Gasteiger charge is 2.27. The molecule has 1 saturated carbocycles. The molecule has 1 aromatic heterocycles. The second kappa shape index (κ2) is 8.09. The Kier molecular flexibility index (Phi) is 5.80. The largest absolute Gasteiger partial charge is 0.456 e. The number of hydrogen-bond donors (Lipinski definition) is 2. The van der Waals surface area contributed by atoms with Gasteiger partial charge in [0, 0.05) is 24.9 Å². The van der Waals surface area contributed by atoms with E-state index in [1.165, 1.54) is 6.92 Å². The first-order valence-corrected chi connectivity index (χ1v) is 9.55. The lowest BCUT2D eigenvalue weighted by molar-refractivity contribution is 0.0865. The molecule has 1 aromatic carbocycles. The molecular weight excluding hydrogens is 342 g/mol. The average Bonchev–Trinajstić information content (AvgIpc) is 3.09. The van der Waals surface area contributed by atoms with Crippen LogP contribution in [-0.2, 0) is 0 Å². The van der Waals surface area contributed by atoms with E-state index in [1.807, 2.05) is 32.0 Å². The fourth-order valence-corrected chi connectivity index (χ4v) is 3.65. The summed E-state index contributed by atoms with van der Waals surface area (Å²) >= 11 is 0. The zero-order chi connectivity index (χ0) is 19.6. The topological polar surface area (TPSA) is 79.5 Å². The molecule has 0 spiro atoms. The van der Waals surface area contributed by atoms with Gasteiger partial charge >= 0.3 is 0 Å². The van der Waals surface area contributed by atoms with Gasteiger partial charge in [-0.05, 0) is 38.2 Å². The third-order valence-electron chi connectivity index (χ3n) is 5.32. The SMILES string of the molecule is CC(=O)c1cc(C(=O)N[C@H]2CC[C@H](O)CC2)c(C(C)c2cccc(C)c2)o1. The maximum absolute atomic E-state index is 12.9. The van der Waals surface area contributed by atoms with Gasteiger partial charge in [-0.15, -0.1) is 0 Å². The van der Waals surface area contributed by atoms with Crippen molar-refractivity contribution >= 4 is 11.7 Å². The number of carbonyl (C=O) groups is 2. The number of benzene rings is 1. The Morgan fingerprint density at radius 1 is 1.19 bits per heavy atom. The van der Waals surface area contributed by atoms with Crippen molar-refractivity contribution in [2.75, 3.05) is 0 Å². The Hall–Kier alpha value is -2.40. The predicted octanol–water partition coefficient (Wildman–Crippen LogP) is 3.98. The first-order valence-electron chi connectivity index (χ1n) is 9.55. The maximum Gasteiger partial charge on any atom is 0.255 e. The molecule has 1 unspecified atom stereocenters. The predicted molar refractivity (Wildman–Crippen MR) is 103 cm³/mol. The highest BCUT2D eigenvalue weighted by molar-refractivity contribution is 5.99. The minimum absolute atomic E-state index is 0.0405. The fraction of sp³-hybridized carbons (Fsp3) is 0.455. The van der Waals surface area contributed by atoms with Crippen LogP contribution >= 0.6 is 0 Å². The van der Waals surface area contributed by atoms with E-state index in [0.29, 0.717) is 24.2 Å². The Labute approximate surface area is 159 Å². The molecule has 3 rings (SSSR count). The molecule has 0 bridgehead atoms. The summed E-state index contributed by atoms with van der Waals surface area (Å²) in [4.78, 5) is 24.7. The number of nitrogens with one attached hydrogen (secondary N) is 1. The van der Waals surface area contributed by atoms with Gasteiger partial charge in [-0.3, -0.25) is 9.59 Å². The van der Waals surface area contributed by atoms with E-state index in [0.717, 1.165) is 24.0 Å². The van der Waals surface area contributed by atoms with Gasteiger partial charge in [-0.1, -0.05) is 36.8 Å². The van der Waals surface area contributed by atoms with Crippen molar-refractivity contribution in [1.82, 2.24) is 5.32 Å². The van der Waals surface area contributed by atoms with Crippen LogP contribution in [0.1, 0.15) is 83.2 Å². The van der Waals surface area contributed by atoms with Gasteiger partial charge < -0.3 is 14.8 Å². The number of carbonyl (C=O) groups excluding carboxylic acids is 2. The van der Waals surface area contributed by atoms with Crippen LogP contribution in [0, 0.1) is 6.92 Å². The van der Waals surface area contributed by atoms with E-state index in [9.17, 15) is 14.7 Å². The van der Waals surface area contributed by atoms with Gasteiger partial charge in [0.25, 0.3) is 5.91 Å². The summed E-state index contributed by atoms with van der Waals surface area (Å²) in [5.74, 6) is 0.148. The smallest absolute Gasteiger partial charge is 0.255 e. The lowest BCUT2D eigenvalue weighted by Crippen LogP contribution is -2.38. The summed E-state index contributed by atoms with van der Waals surface area (Å²) in [7, 11) is 0. The Morgan fingerprint density at radius 2 is 1.89 bits per heavy atom. The molecule has 0 aliphatic heterocycles. The Morgan fingerprint density at radius 3 is 2.52 bits per heavy atom. The van der Waals surface area contributed by atoms with Crippen molar-refractivity contribution in [2.45, 2.75) is 64.5 Å². The van der Waals surface area contributed by atoms with Crippen molar-refractivity contribution in [2.24, 2.45) is 0 Å². The van der Waals surface area contributed by atoms with E-state index in [2.05, 4.69) is 11.4 Å². The molecule has 5 nitrogen and oxygen atoms in total. The first-order chi connectivity index (χ1) is 12.8. The summed E-state index contributed by atoms with van der Waals surface area (Å²) in [5.41, 5.74) is 2.58. The highest BCUT2D eigenvalue weighted by Crippen LogP contribution is 2.31. The minimum Gasteiger partial charge on any atom is -0.456 e. The first kappa shape index (κ1) is 19.4. The molecule has 1 atom stereocenters. The number of ketones is 1. The van der Waals surface area contributed by atoms with Crippen LogP contribution in [0.2, 0.25) is 0 Å². The average molecular weight is 369 g/mol. The monoisotopic (exact) mass is 369 g/mol. The van der Waals surface area contributed by atoms with E-state index < -0.39 is 0 Å². The second-order valence-electron chi connectivity index (χ2n) is 7.56. The van der Waals surface area contributed by atoms with Gasteiger partial charge in [0.15, 0.2) is 11.5 Å². The highest BCUT2D eigenvalue weighted by atomic mass is 16.3. The molecule has 1 amide bonds. The second-order valence-corrected chi connectivity index (χ2v) is 7.56. The van der Waals surface area contributed by atoms with Crippen molar-refractivity contribution in [3.05, 3.63) is 58.5 Å². The summed E-state index contributed by atoms with van der Waals surface area (Å²) in [6, 6.07) is 9.64. The zero-order valence-corrected chi connectivity index (χ0v) is 16.1. The van der Waals surface area contributed by atoms with E-state index in [4.69, 9.17) is 4.42 Å². The summed E-state index contributed by atoms with van der Waals surface area (Å²) in [5, 5.41) is 12.7. The van der Waals surface area contributed by atoms with Crippen LogP contribution in [-0.4, -0.2) is 28.9 Å². The van der Waals surface area contributed by atoms with Gasteiger partial charge in [0.1, 0.15) is 5.76 Å². The van der Waals surface area contributed by atoms with Crippen molar-refractivity contribution < 1.29 is 19.1 Å². The van der Waals surface area contributed by atoms with Crippen LogP contribution in [0.4, 0.5) is 0 Å².